The number of aromatic nitrogens is 5. The second kappa shape index (κ2) is 6.83. The third-order valence-corrected chi connectivity index (χ3v) is 4.71. The number of nitrogens with one attached hydrogen (secondary N) is 2. The zero-order chi connectivity index (χ0) is 18.1. The molecule has 1 aliphatic rings. The summed E-state index contributed by atoms with van der Waals surface area (Å²) in [6, 6.07) is 1.75. The zero-order valence-electron chi connectivity index (χ0n) is 14.8. The SMILES string of the molecule is CCc1noc2ncc(C(=O)Nc3nc(C4CCNCC4)nn3C)cc12. The second-order valence-corrected chi connectivity index (χ2v) is 6.46. The molecule has 0 radical (unpaired) electrons. The van der Waals surface area contributed by atoms with E-state index >= 15 is 0 Å². The van der Waals surface area contributed by atoms with Crippen LogP contribution in [0.1, 0.15) is 47.6 Å². The van der Waals surface area contributed by atoms with Crippen molar-refractivity contribution in [2.24, 2.45) is 7.05 Å². The highest BCUT2D eigenvalue weighted by Crippen LogP contribution is 2.24. The second-order valence-electron chi connectivity index (χ2n) is 6.46. The van der Waals surface area contributed by atoms with Gasteiger partial charge in [0.15, 0.2) is 5.82 Å². The molecule has 1 saturated heterocycles. The Balaban J connectivity index is 1.55. The van der Waals surface area contributed by atoms with Gasteiger partial charge in [-0.2, -0.15) is 10.1 Å². The van der Waals surface area contributed by atoms with Crippen LogP contribution in [0.4, 0.5) is 5.95 Å². The van der Waals surface area contributed by atoms with Gasteiger partial charge in [-0.15, -0.1) is 0 Å². The van der Waals surface area contributed by atoms with E-state index in [0.717, 1.165) is 42.8 Å². The van der Waals surface area contributed by atoms with E-state index in [4.69, 9.17) is 4.52 Å². The molecule has 136 valence electrons. The summed E-state index contributed by atoms with van der Waals surface area (Å²) in [7, 11) is 1.78. The predicted octanol–water partition coefficient (Wildman–Crippen LogP) is 1.63. The van der Waals surface area contributed by atoms with E-state index in [2.05, 4.69) is 30.9 Å². The summed E-state index contributed by atoms with van der Waals surface area (Å²) in [5, 5.41) is 15.4. The maximum atomic E-state index is 12.6. The van der Waals surface area contributed by atoms with Crippen LogP contribution in [0.25, 0.3) is 11.1 Å². The summed E-state index contributed by atoms with van der Waals surface area (Å²) in [5.74, 6) is 1.26. The van der Waals surface area contributed by atoms with Crippen molar-refractivity contribution in [1.29, 1.82) is 0 Å². The summed E-state index contributed by atoms with van der Waals surface area (Å²) in [6.07, 6.45) is 4.20. The highest BCUT2D eigenvalue weighted by Gasteiger charge is 2.22. The maximum Gasteiger partial charge on any atom is 0.259 e. The molecule has 4 rings (SSSR count). The number of piperidine rings is 1. The van der Waals surface area contributed by atoms with Crippen molar-refractivity contribution in [2.75, 3.05) is 18.4 Å². The topological polar surface area (TPSA) is 111 Å². The Labute approximate surface area is 150 Å². The molecule has 26 heavy (non-hydrogen) atoms. The lowest BCUT2D eigenvalue weighted by Gasteiger charge is -2.19. The van der Waals surface area contributed by atoms with Crippen LogP contribution in [-0.2, 0) is 13.5 Å². The molecule has 3 aromatic rings. The van der Waals surface area contributed by atoms with Crippen molar-refractivity contribution in [3.63, 3.8) is 0 Å². The smallest absolute Gasteiger partial charge is 0.259 e. The molecule has 0 aliphatic carbocycles. The van der Waals surface area contributed by atoms with Crippen LogP contribution in [-0.4, -0.2) is 43.9 Å². The van der Waals surface area contributed by atoms with Crippen LogP contribution in [0, 0.1) is 0 Å². The molecule has 0 aromatic carbocycles. The highest BCUT2D eigenvalue weighted by atomic mass is 16.5. The van der Waals surface area contributed by atoms with Gasteiger partial charge in [-0.3, -0.25) is 10.1 Å². The minimum atomic E-state index is -0.282. The summed E-state index contributed by atoms with van der Waals surface area (Å²) in [4.78, 5) is 21.3. The summed E-state index contributed by atoms with van der Waals surface area (Å²) in [5.41, 5.74) is 1.65. The average Bonchev–Trinajstić information content (AvgIpc) is 3.25. The summed E-state index contributed by atoms with van der Waals surface area (Å²) >= 11 is 0. The first kappa shape index (κ1) is 16.6. The molecule has 1 aliphatic heterocycles. The molecule has 3 aromatic heterocycles. The molecule has 0 saturated carbocycles. The van der Waals surface area contributed by atoms with E-state index < -0.39 is 0 Å². The van der Waals surface area contributed by atoms with Crippen molar-refractivity contribution in [2.45, 2.75) is 32.1 Å². The Kier molecular flexibility index (Phi) is 4.37. The number of hydrogen-bond donors (Lipinski definition) is 2. The normalized spacial score (nSPS) is 15.5. The molecular weight excluding hydrogens is 334 g/mol. The maximum absolute atomic E-state index is 12.6. The van der Waals surface area contributed by atoms with Crippen LogP contribution >= 0.6 is 0 Å². The minimum Gasteiger partial charge on any atom is -0.336 e. The van der Waals surface area contributed by atoms with Crippen LogP contribution in [0.5, 0.6) is 0 Å². The van der Waals surface area contributed by atoms with Gasteiger partial charge in [0.05, 0.1) is 16.6 Å². The number of aryl methyl sites for hydroxylation is 2. The van der Waals surface area contributed by atoms with Gasteiger partial charge in [0.25, 0.3) is 11.6 Å². The highest BCUT2D eigenvalue weighted by molar-refractivity contribution is 6.04. The fourth-order valence-electron chi connectivity index (χ4n) is 3.20. The number of carbonyl (C=O) groups is 1. The standard InChI is InChI=1S/C17H21N7O2/c1-3-13-12-8-11(9-19-16(12)26-23-13)15(25)21-17-20-14(22-24(17)2)10-4-6-18-7-5-10/h8-10,18H,3-7H2,1-2H3,(H,20,21,22,25). The summed E-state index contributed by atoms with van der Waals surface area (Å²) in [6.45, 7) is 3.91. The third-order valence-electron chi connectivity index (χ3n) is 4.71. The number of anilines is 1. The van der Waals surface area contributed by atoms with E-state index in [1.807, 2.05) is 6.92 Å². The van der Waals surface area contributed by atoms with E-state index in [1.54, 1.807) is 17.8 Å². The molecule has 0 spiro atoms. The number of nitrogens with zero attached hydrogens (tertiary/aromatic N) is 5. The lowest BCUT2D eigenvalue weighted by atomic mass is 9.98. The Morgan fingerprint density at radius 2 is 2.23 bits per heavy atom. The molecule has 1 amide bonds. The molecule has 4 heterocycles. The van der Waals surface area contributed by atoms with Gasteiger partial charge in [0, 0.05) is 19.2 Å². The Morgan fingerprint density at radius 1 is 1.42 bits per heavy atom. The number of amides is 1. The van der Waals surface area contributed by atoms with Gasteiger partial charge in [-0.05, 0) is 38.4 Å². The number of carbonyl (C=O) groups excluding carboxylic acids is 1. The lowest BCUT2D eigenvalue weighted by molar-refractivity contribution is 0.102. The molecule has 0 atom stereocenters. The molecule has 9 nitrogen and oxygen atoms in total. The lowest BCUT2D eigenvalue weighted by Crippen LogP contribution is -2.27. The first-order valence-corrected chi connectivity index (χ1v) is 8.83. The molecule has 1 fully saturated rings. The van der Waals surface area contributed by atoms with Gasteiger partial charge >= 0.3 is 0 Å². The van der Waals surface area contributed by atoms with Gasteiger partial charge in [0.2, 0.25) is 5.95 Å². The number of hydrogen-bond acceptors (Lipinski definition) is 7. The first-order chi connectivity index (χ1) is 12.7. The van der Waals surface area contributed by atoms with Crippen molar-refractivity contribution in [3.05, 3.63) is 29.3 Å². The largest absolute Gasteiger partial charge is 0.336 e. The monoisotopic (exact) mass is 355 g/mol. The Morgan fingerprint density at radius 3 is 3.00 bits per heavy atom. The molecule has 2 N–H and O–H groups in total. The van der Waals surface area contributed by atoms with Gasteiger partial charge < -0.3 is 9.84 Å². The van der Waals surface area contributed by atoms with Crippen molar-refractivity contribution in [3.8, 4) is 0 Å². The first-order valence-electron chi connectivity index (χ1n) is 8.83. The minimum absolute atomic E-state index is 0.282. The fraction of sp³-hybridized carbons (Fsp3) is 0.471. The fourth-order valence-corrected chi connectivity index (χ4v) is 3.20. The Bertz CT molecular complexity index is 940. The number of fused-ring (bicyclic) bond motifs is 1. The van der Waals surface area contributed by atoms with E-state index in [0.29, 0.717) is 29.6 Å². The van der Waals surface area contributed by atoms with E-state index in [1.165, 1.54) is 6.20 Å². The van der Waals surface area contributed by atoms with E-state index in [-0.39, 0.29) is 5.91 Å². The molecule has 0 unspecified atom stereocenters. The average molecular weight is 355 g/mol. The third kappa shape index (κ3) is 3.05. The van der Waals surface area contributed by atoms with Gasteiger partial charge in [0.1, 0.15) is 0 Å². The molecular formula is C17H21N7O2. The van der Waals surface area contributed by atoms with Crippen molar-refractivity contribution < 1.29 is 9.32 Å². The molecule has 0 bridgehead atoms. The zero-order valence-corrected chi connectivity index (χ0v) is 14.8. The van der Waals surface area contributed by atoms with Crippen LogP contribution in [0.2, 0.25) is 0 Å². The van der Waals surface area contributed by atoms with E-state index in [9.17, 15) is 4.79 Å². The summed E-state index contributed by atoms with van der Waals surface area (Å²) < 4.78 is 6.77. The predicted molar refractivity (Wildman–Crippen MR) is 95.0 cm³/mol. The number of rotatable bonds is 4. The van der Waals surface area contributed by atoms with Gasteiger partial charge in [-0.1, -0.05) is 12.1 Å². The number of pyridine rings is 1. The molecule has 9 heteroatoms. The van der Waals surface area contributed by atoms with Crippen LogP contribution in [0.3, 0.4) is 0 Å². The van der Waals surface area contributed by atoms with Gasteiger partial charge in [-0.25, -0.2) is 9.67 Å². The Hall–Kier alpha value is -2.81. The quantitative estimate of drug-likeness (QED) is 0.732. The van der Waals surface area contributed by atoms with Crippen LogP contribution in [0.15, 0.2) is 16.8 Å². The van der Waals surface area contributed by atoms with Crippen LogP contribution < -0.4 is 10.6 Å². The van der Waals surface area contributed by atoms with Crippen molar-refractivity contribution >= 4 is 23.0 Å². The van der Waals surface area contributed by atoms with Crippen molar-refractivity contribution in [1.82, 2.24) is 30.2 Å².